The van der Waals surface area contributed by atoms with E-state index in [-0.39, 0.29) is 24.8 Å². The standard InChI is InChI=1S/C21H23ClN2O5/c1-27-17-8-13(9-18(28-2)20(17)29-3)11-23-21(26)14-10-19(25)24(12-14)16-6-4-15(22)5-7-16/h4-9,14H,10-12H2,1-3H3,(H,23,26). The highest BCUT2D eigenvalue weighted by Gasteiger charge is 2.35. The molecule has 2 aromatic carbocycles. The van der Waals surface area contributed by atoms with Crippen molar-refractivity contribution in [1.82, 2.24) is 5.32 Å². The molecular formula is C21H23ClN2O5. The number of amides is 2. The van der Waals surface area contributed by atoms with Gasteiger partial charge in [0.2, 0.25) is 17.6 Å². The molecule has 2 amide bonds. The van der Waals surface area contributed by atoms with Crippen LogP contribution in [0, 0.1) is 5.92 Å². The molecule has 0 spiro atoms. The minimum absolute atomic E-state index is 0.0831. The Morgan fingerprint density at radius 3 is 2.28 bits per heavy atom. The summed E-state index contributed by atoms with van der Waals surface area (Å²) in [7, 11) is 4.61. The van der Waals surface area contributed by atoms with Crippen LogP contribution in [0.4, 0.5) is 5.69 Å². The molecule has 0 aromatic heterocycles. The predicted molar refractivity (Wildman–Crippen MR) is 110 cm³/mol. The van der Waals surface area contributed by atoms with Gasteiger partial charge in [-0.05, 0) is 42.0 Å². The zero-order chi connectivity index (χ0) is 21.0. The van der Waals surface area contributed by atoms with Crippen molar-refractivity contribution in [3.05, 3.63) is 47.0 Å². The molecule has 1 saturated heterocycles. The fraction of sp³-hybridized carbons (Fsp3) is 0.333. The molecule has 0 aliphatic carbocycles. The average molecular weight is 419 g/mol. The molecule has 1 unspecified atom stereocenters. The molecule has 3 rings (SSSR count). The SMILES string of the molecule is COc1cc(CNC(=O)C2CC(=O)N(c3ccc(Cl)cc3)C2)cc(OC)c1OC. The molecule has 1 N–H and O–H groups in total. The van der Waals surface area contributed by atoms with E-state index in [0.29, 0.717) is 28.8 Å². The number of ether oxygens (including phenoxy) is 3. The minimum Gasteiger partial charge on any atom is -0.493 e. The third-order valence-electron chi connectivity index (χ3n) is 4.83. The van der Waals surface area contributed by atoms with Crippen LogP contribution in [-0.4, -0.2) is 39.7 Å². The molecular weight excluding hydrogens is 396 g/mol. The van der Waals surface area contributed by atoms with Crippen molar-refractivity contribution in [3.63, 3.8) is 0 Å². The van der Waals surface area contributed by atoms with Crippen molar-refractivity contribution in [1.29, 1.82) is 0 Å². The number of nitrogens with zero attached hydrogens (tertiary/aromatic N) is 1. The second-order valence-corrected chi connectivity index (χ2v) is 7.07. The number of halogens is 1. The molecule has 1 aliphatic heterocycles. The van der Waals surface area contributed by atoms with Gasteiger partial charge in [-0.2, -0.15) is 0 Å². The van der Waals surface area contributed by atoms with Crippen molar-refractivity contribution in [3.8, 4) is 17.2 Å². The zero-order valence-electron chi connectivity index (χ0n) is 16.5. The lowest BCUT2D eigenvalue weighted by Gasteiger charge is -2.17. The summed E-state index contributed by atoms with van der Waals surface area (Å²) in [5.74, 6) is 0.844. The Labute approximate surface area is 174 Å². The molecule has 1 heterocycles. The lowest BCUT2D eigenvalue weighted by molar-refractivity contribution is -0.126. The van der Waals surface area contributed by atoms with E-state index in [2.05, 4.69) is 5.32 Å². The summed E-state index contributed by atoms with van der Waals surface area (Å²) in [6.45, 7) is 0.614. The van der Waals surface area contributed by atoms with E-state index < -0.39 is 5.92 Å². The molecule has 8 heteroatoms. The average Bonchev–Trinajstić information content (AvgIpc) is 3.13. The third kappa shape index (κ3) is 4.56. The summed E-state index contributed by atoms with van der Waals surface area (Å²) >= 11 is 5.90. The van der Waals surface area contributed by atoms with Crippen LogP contribution >= 0.6 is 11.6 Å². The highest BCUT2D eigenvalue weighted by Crippen LogP contribution is 2.38. The fourth-order valence-corrected chi connectivity index (χ4v) is 3.45. The fourth-order valence-electron chi connectivity index (χ4n) is 3.32. The van der Waals surface area contributed by atoms with Gasteiger partial charge in [0.1, 0.15) is 0 Å². The molecule has 1 atom stereocenters. The Bertz CT molecular complexity index is 875. The summed E-state index contributed by atoms with van der Waals surface area (Å²) in [4.78, 5) is 26.6. The van der Waals surface area contributed by atoms with Crippen LogP contribution in [0.1, 0.15) is 12.0 Å². The Hall–Kier alpha value is -2.93. The van der Waals surface area contributed by atoms with Crippen LogP contribution in [0.5, 0.6) is 17.2 Å². The summed E-state index contributed by atoms with van der Waals surface area (Å²) in [6.07, 6.45) is 0.170. The van der Waals surface area contributed by atoms with Gasteiger partial charge < -0.3 is 24.4 Å². The smallest absolute Gasteiger partial charge is 0.227 e. The number of rotatable bonds is 7. The van der Waals surface area contributed by atoms with Crippen LogP contribution in [-0.2, 0) is 16.1 Å². The number of methoxy groups -OCH3 is 3. The summed E-state index contributed by atoms with van der Waals surface area (Å²) in [5, 5.41) is 3.49. The van der Waals surface area contributed by atoms with Gasteiger partial charge in [-0.25, -0.2) is 0 Å². The second-order valence-electron chi connectivity index (χ2n) is 6.63. The number of hydrogen-bond donors (Lipinski definition) is 1. The molecule has 1 fully saturated rings. The van der Waals surface area contributed by atoms with Crippen LogP contribution in [0.25, 0.3) is 0 Å². The first-order valence-electron chi connectivity index (χ1n) is 9.09. The Morgan fingerprint density at radius 1 is 1.10 bits per heavy atom. The van der Waals surface area contributed by atoms with Crippen LogP contribution < -0.4 is 24.4 Å². The first kappa shape index (κ1) is 20.8. The van der Waals surface area contributed by atoms with E-state index in [1.165, 1.54) is 21.3 Å². The van der Waals surface area contributed by atoms with Crippen molar-refractivity contribution in [2.45, 2.75) is 13.0 Å². The largest absolute Gasteiger partial charge is 0.493 e. The Kier molecular flexibility index (Phi) is 6.49. The van der Waals surface area contributed by atoms with Crippen molar-refractivity contribution in [2.75, 3.05) is 32.8 Å². The number of nitrogens with one attached hydrogen (secondary N) is 1. The van der Waals surface area contributed by atoms with E-state index in [1.807, 2.05) is 0 Å². The van der Waals surface area contributed by atoms with Crippen molar-refractivity contribution < 1.29 is 23.8 Å². The summed E-state index contributed by atoms with van der Waals surface area (Å²) < 4.78 is 16.0. The van der Waals surface area contributed by atoms with E-state index in [0.717, 1.165) is 11.3 Å². The van der Waals surface area contributed by atoms with Crippen LogP contribution in [0.15, 0.2) is 36.4 Å². The molecule has 1 aliphatic rings. The third-order valence-corrected chi connectivity index (χ3v) is 5.08. The molecule has 29 heavy (non-hydrogen) atoms. The van der Waals surface area contributed by atoms with Crippen molar-refractivity contribution >= 4 is 29.1 Å². The van der Waals surface area contributed by atoms with E-state index >= 15 is 0 Å². The molecule has 0 bridgehead atoms. The van der Waals surface area contributed by atoms with Crippen molar-refractivity contribution in [2.24, 2.45) is 5.92 Å². The Morgan fingerprint density at radius 2 is 1.72 bits per heavy atom. The first-order valence-corrected chi connectivity index (χ1v) is 9.47. The zero-order valence-corrected chi connectivity index (χ0v) is 17.3. The van der Waals surface area contributed by atoms with Gasteiger partial charge in [0.05, 0.1) is 27.2 Å². The van der Waals surface area contributed by atoms with Gasteiger partial charge in [-0.1, -0.05) is 11.6 Å². The van der Waals surface area contributed by atoms with E-state index in [4.69, 9.17) is 25.8 Å². The monoisotopic (exact) mass is 418 g/mol. The maximum atomic E-state index is 12.6. The Balaban J connectivity index is 1.65. The summed E-state index contributed by atoms with van der Waals surface area (Å²) in [6, 6.07) is 10.6. The topological polar surface area (TPSA) is 77.1 Å². The minimum atomic E-state index is -0.416. The normalized spacial score (nSPS) is 15.9. The molecule has 2 aromatic rings. The van der Waals surface area contributed by atoms with E-state index in [9.17, 15) is 9.59 Å². The highest BCUT2D eigenvalue weighted by atomic mass is 35.5. The van der Waals surface area contributed by atoms with Gasteiger partial charge in [-0.15, -0.1) is 0 Å². The van der Waals surface area contributed by atoms with Gasteiger partial charge in [0.15, 0.2) is 11.5 Å². The highest BCUT2D eigenvalue weighted by molar-refractivity contribution is 6.30. The van der Waals surface area contributed by atoms with Crippen LogP contribution in [0.3, 0.4) is 0 Å². The van der Waals surface area contributed by atoms with Gasteiger partial charge in [0, 0.05) is 30.2 Å². The predicted octanol–water partition coefficient (Wildman–Crippen LogP) is 3.04. The van der Waals surface area contributed by atoms with Gasteiger partial charge >= 0.3 is 0 Å². The molecule has 0 saturated carbocycles. The number of carbonyl (C=O) groups excluding carboxylic acids is 2. The first-order chi connectivity index (χ1) is 14.0. The number of anilines is 1. The molecule has 7 nitrogen and oxygen atoms in total. The lowest BCUT2D eigenvalue weighted by atomic mass is 10.1. The van der Waals surface area contributed by atoms with Gasteiger partial charge in [0.25, 0.3) is 0 Å². The maximum absolute atomic E-state index is 12.6. The quantitative estimate of drug-likeness (QED) is 0.747. The number of hydrogen-bond acceptors (Lipinski definition) is 5. The molecule has 0 radical (unpaired) electrons. The lowest BCUT2D eigenvalue weighted by Crippen LogP contribution is -2.32. The van der Waals surface area contributed by atoms with E-state index in [1.54, 1.807) is 41.3 Å². The van der Waals surface area contributed by atoms with Gasteiger partial charge in [-0.3, -0.25) is 9.59 Å². The summed E-state index contributed by atoms with van der Waals surface area (Å²) in [5.41, 5.74) is 1.53. The maximum Gasteiger partial charge on any atom is 0.227 e. The number of carbonyl (C=O) groups is 2. The number of benzene rings is 2. The van der Waals surface area contributed by atoms with Crippen LogP contribution in [0.2, 0.25) is 5.02 Å². The second kappa shape index (κ2) is 9.05. The molecule has 154 valence electrons.